The lowest BCUT2D eigenvalue weighted by Crippen LogP contribution is -2.23. The third-order valence-corrected chi connectivity index (χ3v) is 7.56. The number of anilines is 1. The Balaban J connectivity index is 1.51. The number of nitrogens with one attached hydrogen (secondary N) is 1. The summed E-state index contributed by atoms with van der Waals surface area (Å²) in [5.41, 5.74) is 3.12. The van der Waals surface area contributed by atoms with E-state index < -0.39 is 9.84 Å². The molecule has 1 aliphatic rings. The van der Waals surface area contributed by atoms with Gasteiger partial charge in [0.1, 0.15) is 5.75 Å². The van der Waals surface area contributed by atoms with Gasteiger partial charge in [-0.05, 0) is 66.1 Å². The number of ether oxygens (including phenoxy) is 1. The van der Waals surface area contributed by atoms with Crippen LogP contribution in [0.1, 0.15) is 11.1 Å². The molecule has 7 nitrogen and oxygen atoms in total. The first-order valence-corrected chi connectivity index (χ1v) is 11.7. The van der Waals surface area contributed by atoms with E-state index in [1.165, 1.54) is 41.6 Å². The fourth-order valence-corrected chi connectivity index (χ4v) is 5.36. The van der Waals surface area contributed by atoms with E-state index in [-0.39, 0.29) is 15.4 Å². The van der Waals surface area contributed by atoms with Gasteiger partial charge in [0, 0.05) is 17.6 Å². The van der Waals surface area contributed by atoms with Gasteiger partial charge < -0.3 is 10.1 Å². The lowest BCUT2D eigenvalue weighted by molar-refractivity contribution is 0.414. The first-order chi connectivity index (χ1) is 15.5. The van der Waals surface area contributed by atoms with Crippen molar-refractivity contribution in [3.63, 3.8) is 0 Å². The summed E-state index contributed by atoms with van der Waals surface area (Å²) in [5, 5.41) is 8.57. The van der Waals surface area contributed by atoms with Crippen molar-refractivity contribution in [1.29, 1.82) is 0 Å². The smallest absolute Gasteiger partial charge is 0.274 e. The third kappa shape index (κ3) is 3.42. The predicted molar refractivity (Wildman–Crippen MR) is 122 cm³/mol. The average molecular weight is 448 g/mol. The Bertz CT molecular complexity index is 1490. The van der Waals surface area contributed by atoms with Crippen LogP contribution < -0.4 is 15.6 Å². The van der Waals surface area contributed by atoms with Crippen molar-refractivity contribution in [3.05, 3.63) is 88.3 Å². The fraction of sp³-hybridized carbons (Fsp3) is 0.167. The maximum Gasteiger partial charge on any atom is 0.274 e. The summed E-state index contributed by atoms with van der Waals surface area (Å²) in [6.07, 6.45) is 2.46. The van der Waals surface area contributed by atoms with E-state index in [0.717, 1.165) is 24.2 Å². The van der Waals surface area contributed by atoms with Crippen molar-refractivity contribution < 1.29 is 13.2 Å². The highest BCUT2D eigenvalue weighted by molar-refractivity contribution is 7.91. The summed E-state index contributed by atoms with van der Waals surface area (Å²) in [6, 6.07) is 16.7. The van der Waals surface area contributed by atoms with E-state index in [4.69, 9.17) is 4.74 Å². The number of benzene rings is 3. The predicted octanol–water partition coefficient (Wildman–Crippen LogP) is 3.25. The van der Waals surface area contributed by atoms with Gasteiger partial charge in [-0.25, -0.2) is 13.1 Å². The van der Waals surface area contributed by atoms with Crippen LogP contribution in [0, 0.1) is 0 Å². The highest BCUT2D eigenvalue weighted by Crippen LogP contribution is 2.27. The molecule has 0 aliphatic carbocycles. The number of methoxy groups -OCH3 is 1. The van der Waals surface area contributed by atoms with Crippen LogP contribution in [0.2, 0.25) is 0 Å². The Labute approximate surface area is 185 Å². The van der Waals surface area contributed by atoms with Crippen molar-refractivity contribution in [2.75, 3.05) is 19.0 Å². The van der Waals surface area contributed by atoms with Crippen molar-refractivity contribution in [2.45, 2.75) is 22.8 Å². The second-order valence-electron chi connectivity index (χ2n) is 7.66. The molecule has 1 N–H and O–H groups in total. The van der Waals surface area contributed by atoms with Gasteiger partial charge in [-0.15, -0.1) is 0 Å². The highest BCUT2D eigenvalue weighted by atomic mass is 32.2. The molecule has 2 heterocycles. The summed E-state index contributed by atoms with van der Waals surface area (Å²) < 4.78 is 32.6. The molecule has 32 heavy (non-hydrogen) atoms. The van der Waals surface area contributed by atoms with Crippen LogP contribution >= 0.6 is 0 Å². The maximum atomic E-state index is 13.1. The second-order valence-corrected chi connectivity index (χ2v) is 9.61. The monoisotopic (exact) mass is 447 g/mol. The normalized spacial score (nSPS) is 13.0. The van der Waals surface area contributed by atoms with Crippen LogP contribution in [0.3, 0.4) is 0 Å². The Hall–Kier alpha value is -3.65. The first-order valence-electron chi connectivity index (χ1n) is 10.2. The molecule has 0 saturated heterocycles. The molecule has 0 bridgehead atoms. The lowest BCUT2D eigenvalue weighted by atomic mass is 10.1. The molecule has 0 amide bonds. The number of hydrogen-bond donors (Lipinski definition) is 1. The van der Waals surface area contributed by atoms with E-state index in [2.05, 4.69) is 10.4 Å². The summed E-state index contributed by atoms with van der Waals surface area (Å²) in [6.45, 7) is 1.25. The van der Waals surface area contributed by atoms with E-state index in [0.29, 0.717) is 23.1 Å². The third-order valence-electron chi connectivity index (χ3n) is 5.79. The molecule has 8 heteroatoms. The molecule has 0 saturated carbocycles. The van der Waals surface area contributed by atoms with Gasteiger partial charge in [0.05, 0.1) is 35.0 Å². The van der Waals surface area contributed by atoms with Crippen molar-refractivity contribution in [1.82, 2.24) is 9.78 Å². The standard InChI is InChI=1S/C24H21N3O4S/c1-31-18-5-7-19(8-6-18)32(29,30)20-9-10-22-17(13-20)14-26-27(24(22)28)15-16-3-2-4-23-21(16)11-12-25-23/h2-10,13-14,25H,11-12,15H2,1H3. The molecule has 4 aromatic rings. The van der Waals surface area contributed by atoms with Gasteiger partial charge in [0.25, 0.3) is 5.56 Å². The van der Waals surface area contributed by atoms with Crippen LogP contribution in [0.15, 0.2) is 81.4 Å². The molecule has 0 fully saturated rings. The fourth-order valence-electron chi connectivity index (χ4n) is 4.06. The second kappa shape index (κ2) is 7.80. The van der Waals surface area contributed by atoms with E-state index in [1.807, 2.05) is 18.2 Å². The quantitative estimate of drug-likeness (QED) is 0.505. The van der Waals surface area contributed by atoms with Crippen molar-refractivity contribution >= 4 is 26.3 Å². The zero-order valence-corrected chi connectivity index (χ0v) is 18.2. The minimum atomic E-state index is -3.73. The van der Waals surface area contributed by atoms with E-state index in [1.54, 1.807) is 24.4 Å². The van der Waals surface area contributed by atoms with E-state index in [9.17, 15) is 13.2 Å². The Kier molecular flexibility index (Phi) is 4.94. The molecule has 0 radical (unpaired) electrons. The maximum absolute atomic E-state index is 13.1. The van der Waals surface area contributed by atoms with Crippen LogP contribution in [0.25, 0.3) is 10.8 Å². The van der Waals surface area contributed by atoms with Gasteiger partial charge in [0.15, 0.2) is 0 Å². The molecular formula is C24H21N3O4S. The minimum Gasteiger partial charge on any atom is -0.497 e. The molecule has 162 valence electrons. The molecule has 0 spiro atoms. The lowest BCUT2D eigenvalue weighted by Gasteiger charge is -2.11. The van der Waals surface area contributed by atoms with E-state index >= 15 is 0 Å². The summed E-state index contributed by atoms with van der Waals surface area (Å²) >= 11 is 0. The molecule has 1 aliphatic heterocycles. The zero-order valence-electron chi connectivity index (χ0n) is 17.4. The zero-order chi connectivity index (χ0) is 22.3. The van der Waals surface area contributed by atoms with Gasteiger partial charge in [-0.2, -0.15) is 5.10 Å². The molecule has 5 rings (SSSR count). The SMILES string of the molecule is COc1ccc(S(=O)(=O)c2ccc3c(=O)n(Cc4cccc5c4CCN5)ncc3c2)cc1. The van der Waals surface area contributed by atoms with Crippen molar-refractivity contribution in [2.24, 2.45) is 0 Å². The Morgan fingerprint density at radius 2 is 1.84 bits per heavy atom. The summed E-state index contributed by atoms with van der Waals surface area (Å²) in [7, 11) is -2.21. The number of hydrogen-bond acceptors (Lipinski definition) is 6. The van der Waals surface area contributed by atoms with Crippen LogP contribution in [0.4, 0.5) is 5.69 Å². The van der Waals surface area contributed by atoms with Crippen LogP contribution in [-0.2, 0) is 22.8 Å². The molecule has 0 atom stereocenters. The van der Waals surface area contributed by atoms with Crippen LogP contribution in [-0.4, -0.2) is 31.9 Å². The number of sulfone groups is 1. The van der Waals surface area contributed by atoms with Crippen LogP contribution in [0.5, 0.6) is 5.75 Å². The van der Waals surface area contributed by atoms with Gasteiger partial charge in [-0.3, -0.25) is 4.79 Å². The Morgan fingerprint density at radius 3 is 2.62 bits per heavy atom. The average Bonchev–Trinajstić information content (AvgIpc) is 3.30. The highest BCUT2D eigenvalue weighted by Gasteiger charge is 2.19. The number of rotatable bonds is 5. The minimum absolute atomic E-state index is 0.112. The topological polar surface area (TPSA) is 90.3 Å². The number of nitrogens with zero attached hydrogens (tertiary/aromatic N) is 2. The molecule has 0 unspecified atom stereocenters. The number of aromatic nitrogens is 2. The van der Waals surface area contributed by atoms with Gasteiger partial charge in [-0.1, -0.05) is 12.1 Å². The summed E-state index contributed by atoms with van der Waals surface area (Å²) in [4.78, 5) is 13.3. The van der Waals surface area contributed by atoms with Gasteiger partial charge in [0.2, 0.25) is 9.84 Å². The molecule has 1 aromatic heterocycles. The molecule has 3 aromatic carbocycles. The first kappa shape index (κ1) is 20.3. The Morgan fingerprint density at radius 1 is 1.06 bits per heavy atom. The van der Waals surface area contributed by atoms with Crippen molar-refractivity contribution in [3.8, 4) is 5.75 Å². The molecular weight excluding hydrogens is 426 g/mol. The largest absolute Gasteiger partial charge is 0.497 e. The van der Waals surface area contributed by atoms with Gasteiger partial charge >= 0.3 is 0 Å². The number of fused-ring (bicyclic) bond motifs is 2. The summed E-state index contributed by atoms with van der Waals surface area (Å²) in [5.74, 6) is 0.576.